The normalized spacial score (nSPS) is 12.0. The lowest BCUT2D eigenvalue weighted by atomic mass is 10.4. The molecule has 0 radical (unpaired) electrons. The number of rotatable bonds is 7. The van der Waals surface area contributed by atoms with Gasteiger partial charge in [0.05, 0.1) is 6.54 Å². The Kier molecular flexibility index (Phi) is 5.20. The third-order valence-corrected chi connectivity index (χ3v) is 5.23. The Bertz CT molecular complexity index is 708. The maximum atomic E-state index is 12.2. The first-order valence-electron chi connectivity index (χ1n) is 6.32. The van der Waals surface area contributed by atoms with E-state index in [1.54, 1.807) is 13.2 Å². The summed E-state index contributed by atoms with van der Waals surface area (Å²) in [6, 6.07) is 1.50. The zero-order valence-electron chi connectivity index (χ0n) is 11.8. The van der Waals surface area contributed by atoms with E-state index >= 15 is 0 Å². The van der Waals surface area contributed by atoms with Crippen LogP contribution >= 0.6 is 15.9 Å². The molecule has 0 atom stereocenters. The number of imidazole rings is 1. The second-order valence-electron chi connectivity index (χ2n) is 4.48. The van der Waals surface area contributed by atoms with Crippen molar-refractivity contribution in [2.75, 3.05) is 13.6 Å². The van der Waals surface area contributed by atoms with Crippen LogP contribution in [0.5, 0.6) is 0 Å². The zero-order valence-corrected chi connectivity index (χ0v) is 14.2. The van der Waals surface area contributed by atoms with Crippen molar-refractivity contribution in [1.82, 2.24) is 19.6 Å². The summed E-state index contributed by atoms with van der Waals surface area (Å²) in [7, 11) is 0.0183. The minimum absolute atomic E-state index is 0.104. The van der Waals surface area contributed by atoms with Gasteiger partial charge in [-0.2, -0.15) is 0 Å². The van der Waals surface area contributed by atoms with Crippen LogP contribution in [0.3, 0.4) is 0 Å². The lowest BCUT2D eigenvalue weighted by Crippen LogP contribution is -2.26. The fraction of sp³-hybridized carbons (Fsp3) is 0.417. The van der Waals surface area contributed by atoms with E-state index in [2.05, 4.69) is 31.0 Å². The average molecular weight is 377 g/mol. The maximum Gasteiger partial charge on any atom is 0.244 e. The molecule has 0 saturated heterocycles. The minimum Gasteiger partial charge on any atom is -0.452 e. The van der Waals surface area contributed by atoms with E-state index < -0.39 is 10.0 Å². The van der Waals surface area contributed by atoms with Crippen molar-refractivity contribution in [1.29, 1.82) is 0 Å². The second kappa shape index (κ2) is 6.73. The van der Waals surface area contributed by atoms with Crippen LogP contribution in [0.4, 0.5) is 0 Å². The molecule has 2 aromatic heterocycles. The quantitative estimate of drug-likeness (QED) is 0.752. The Balaban J connectivity index is 2.03. The number of hydrogen-bond acceptors (Lipinski definition) is 5. The highest BCUT2D eigenvalue weighted by atomic mass is 79.9. The molecule has 0 aliphatic heterocycles. The molecule has 0 bridgehead atoms. The number of aromatic nitrogens is 2. The first kappa shape index (κ1) is 16.2. The standard InChI is InChI=1S/C12H17BrN4O3S/c1-14-8-9-7-10(12(13)20-9)21(18,19)16-4-3-11-15-5-6-17(11)2/h5-7,14,16H,3-4,8H2,1-2H3. The number of aryl methyl sites for hydroxylation is 1. The Labute approximate surface area is 131 Å². The van der Waals surface area contributed by atoms with Crippen molar-refractivity contribution in [2.45, 2.75) is 17.9 Å². The van der Waals surface area contributed by atoms with E-state index in [1.165, 1.54) is 6.07 Å². The molecule has 0 saturated carbocycles. The number of nitrogens with zero attached hydrogens (tertiary/aromatic N) is 2. The van der Waals surface area contributed by atoms with Gasteiger partial charge in [-0.05, 0) is 23.0 Å². The summed E-state index contributed by atoms with van der Waals surface area (Å²) in [5.74, 6) is 1.37. The molecule has 2 rings (SSSR count). The van der Waals surface area contributed by atoms with Crippen LogP contribution in [-0.4, -0.2) is 31.6 Å². The topological polar surface area (TPSA) is 89.2 Å². The lowest BCUT2D eigenvalue weighted by molar-refractivity contribution is 0.470. The van der Waals surface area contributed by atoms with Crippen molar-refractivity contribution < 1.29 is 12.8 Å². The van der Waals surface area contributed by atoms with Crippen molar-refractivity contribution in [3.8, 4) is 0 Å². The molecule has 0 spiro atoms. The molecule has 116 valence electrons. The highest BCUT2D eigenvalue weighted by Crippen LogP contribution is 2.25. The van der Waals surface area contributed by atoms with Gasteiger partial charge >= 0.3 is 0 Å². The number of halogens is 1. The SMILES string of the molecule is CNCc1cc(S(=O)(=O)NCCc2nccn2C)c(Br)o1. The second-order valence-corrected chi connectivity index (χ2v) is 6.94. The van der Waals surface area contributed by atoms with Gasteiger partial charge in [-0.15, -0.1) is 0 Å². The van der Waals surface area contributed by atoms with E-state index in [4.69, 9.17) is 4.42 Å². The van der Waals surface area contributed by atoms with Crippen molar-refractivity contribution in [3.05, 3.63) is 34.7 Å². The fourth-order valence-corrected chi connectivity index (χ4v) is 3.88. The van der Waals surface area contributed by atoms with Crippen LogP contribution in [0.2, 0.25) is 0 Å². The molecule has 0 fully saturated rings. The molecule has 0 aromatic carbocycles. The summed E-state index contributed by atoms with van der Waals surface area (Å²) in [5, 5.41) is 2.90. The molecular formula is C12H17BrN4O3S. The molecule has 0 aliphatic carbocycles. The van der Waals surface area contributed by atoms with Gasteiger partial charge in [-0.1, -0.05) is 0 Å². The summed E-state index contributed by atoms with van der Waals surface area (Å²) in [6.07, 6.45) is 4.02. The fourth-order valence-electron chi connectivity index (χ4n) is 1.85. The smallest absolute Gasteiger partial charge is 0.244 e. The predicted octanol–water partition coefficient (Wildman–Crippen LogP) is 1.02. The third kappa shape index (κ3) is 3.94. The van der Waals surface area contributed by atoms with E-state index in [0.717, 1.165) is 5.82 Å². The van der Waals surface area contributed by atoms with Gasteiger partial charge < -0.3 is 14.3 Å². The van der Waals surface area contributed by atoms with Crippen molar-refractivity contribution in [2.24, 2.45) is 7.05 Å². The van der Waals surface area contributed by atoms with Crippen molar-refractivity contribution in [3.63, 3.8) is 0 Å². The molecule has 0 unspecified atom stereocenters. The Morgan fingerprint density at radius 1 is 1.48 bits per heavy atom. The van der Waals surface area contributed by atoms with E-state index in [1.807, 2.05) is 17.8 Å². The number of sulfonamides is 1. The number of nitrogens with one attached hydrogen (secondary N) is 2. The Morgan fingerprint density at radius 2 is 2.24 bits per heavy atom. The molecule has 9 heteroatoms. The summed E-state index contributed by atoms with van der Waals surface area (Å²) >= 11 is 3.14. The van der Waals surface area contributed by atoms with Gasteiger partial charge in [0.2, 0.25) is 10.0 Å². The molecule has 2 N–H and O–H groups in total. The molecule has 0 aliphatic rings. The van der Waals surface area contributed by atoms with E-state index in [-0.39, 0.29) is 16.1 Å². The van der Waals surface area contributed by atoms with Crippen molar-refractivity contribution >= 4 is 26.0 Å². The van der Waals surface area contributed by atoms with Gasteiger partial charge in [0.1, 0.15) is 16.5 Å². The van der Waals surface area contributed by atoms with E-state index in [0.29, 0.717) is 18.7 Å². The first-order chi connectivity index (χ1) is 9.94. The molecule has 7 nitrogen and oxygen atoms in total. The predicted molar refractivity (Wildman–Crippen MR) is 81.3 cm³/mol. The third-order valence-electron chi connectivity index (χ3n) is 2.91. The van der Waals surface area contributed by atoms with E-state index in [9.17, 15) is 8.42 Å². The van der Waals surface area contributed by atoms with Crippen LogP contribution in [-0.2, 0) is 30.0 Å². The summed E-state index contributed by atoms with van der Waals surface area (Å²) in [6.45, 7) is 0.730. The zero-order chi connectivity index (χ0) is 15.5. The minimum atomic E-state index is -3.61. The van der Waals surface area contributed by atoms with Gasteiger partial charge in [0.25, 0.3) is 0 Å². The number of hydrogen-bond donors (Lipinski definition) is 2. The molecule has 2 heterocycles. The largest absolute Gasteiger partial charge is 0.452 e. The monoisotopic (exact) mass is 376 g/mol. The van der Waals surface area contributed by atoms with Crippen LogP contribution in [0.25, 0.3) is 0 Å². The highest BCUT2D eigenvalue weighted by Gasteiger charge is 2.22. The molecule has 0 amide bonds. The molecule has 2 aromatic rings. The summed E-state index contributed by atoms with van der Waals surface area (Å²) in [4.78, 5) is 4.25. The van der Waals surface area contributed by atoms with Gasteiger partial charge in [0.15, 0.2) is 4.67 Å². The maximum absolute atomic E-state index is 12.2. The molecule has 21 heavy (non-hydrogen) atoms. The number of furan rings is 1. The highest BCUT2D eigenvalue weighted by molar-refractivity contribution is 9.10. The first-order valence-corrected chi connectivity index (χ1v) is 8.60. The molecular weight excluding hydrogens is 360 g/mol. The van der Waals surface area contributed by atoms with Crippen LogP contribution in [0.1, 0.15) is 11.6 Å². The van der Waals surface area contributed by atoms with Gasteiger partial charge in [0, 0.05) is 38.5 Å². The van der Waals surface area contributed by atoms with Gasteiger partial charge in [-0.25, -0.2) is 18.1 Å². The van der Waals surface area contributed by atoms with Gasteiger partial charge in [-0.3, -0.25) is 0 Å². The summed E-state index contributed by atoms with van der Waals surface area (Å²) < 4.78 is 34.4. The Hall–Kier alpha value is -1.16. The van der Waals surface area contributed by atoms with Crippen LogP contribution in [0, 0.1) is 0 Å². The Morgan fingerprint density at radius 3 is 2.86 bits per heavy atom. The van der Waals surface area contributed by atoms with Crippen LogP contribution < -0.4 is 10.0 Å². The lowest BCUT2D eigenvalue weighted by Gasteiger charge is -2.05. The average Bonchev–Trinajstić information content (AvgIpc) is 2.97. The summed E-state index contributed by atoms with van der Waals surface area (Å²) in [5.41, 5.74) is 0. The van der Waals surface area contributed by atoms with Crippen LogP contribution in [0.15, 0.2) is 32.4 Å².